The fourth-order valence-electron chi connectivity index (χ4n) is 2.25. The van der Waals surface area contributed by atoms with Crippen molar-refractivity contribution in [1.82, 2.24) is 20.3 Å². The molecule has 0 amide bonds. The van der Waals surface area contributed by atoms with Gasteiger partial charge in [-0.1, -0.05) is 56.3 Å². The lowest BCUT2D eigenvalue weighted by atomic mass is 9.82. The molecule has 0 aliphatic rings. The van der Waals surface area contributed by atoms with Crippen molar-refractivity contribution in [2.75, 3.05) is 0 Å². The van der Waals surface area contributed by atoms with Crippen LogP contribution in [0, 0.1) is 5.41 Å². The minimum absolute atomic E-state index is 0.142. The van der Waals surface area contributed by atoms with E-state index in [-0.39, 0.29) is 11.5 Å². The molecule has 19 heavy (non-hydrogen) atoms. The fraction of sp³-hybridized carbons (Fsp3) is 0.467. The van der Waals surface area contributed by atoms with Crippen molar-refractivity contribution in [1.29, 1.82) is 0 Å². The molecule has 2 aromatic rings. The van der Waals surface area contributed by atoms with E-state index in [4.69, 9.17) is 0 Å². The summed E-state index contributed by atoms with van der Waals surface area (Å²) in [7, 11) is 1.88. The Kier molecular flexibility index (Phi) is 4.00. The normalized spacial score (nSPS) is 13.5. The summed E-state index contributed by atoms with van der Waals surface area (Å²) in [6, 6.07) is 10.8. The number of benzene rings is 1. The monoisotopic (exact) mass is 258 g/mol. The van der Waals surface area contributed by atoms with E-state index in [1.165, 1.54) is 5.56 Å². The molecule has 0 saturated carbocycles. The van der Waals surface area contributed by atoms with Crippen LogP contribution in [0.1, 0.15) is 38.1 Å². The molecule has 2 rings (SSSR count). The maximum atomic E-state index is 4.11. The summed E-state index contributed by atoms with van der Waals surface area (Å²) in [6.45, 7) is 7.46. The van der Waals surface area contributed by atoms with Gasteiger partial charge in [0.25, 0.3) is 0 Å². The molecule has 0 spiro atoms. The summed E-state index contributed by atoms with van der Waals surface area (Å²) in [5, 5.41) is 11.7. The van der Waals surface area contributed by atoms with Crippen molar-refractivity contribution in [3.8, 4) is 0 Å². The fourth-order valence-corrected chi connectivity index (χ4v) is 2.25. The Morgan fingerprint density at radius 1 is 1.21 bits per heavy atom. The van der Waals surface area contributed by atoms with Crippen LogP contribution in [0.3, 0.4) is 0 Å². The SMILES string of the molecule is Cn1cc(CNC(c2ccccc2)C(C)(C)C)nn1. The summed E-state index contributed by atoms with van der Waals surface area (Å²) in [4.78, 5) is 0. The van der Waals surface area contributed by atoms with E-state index in [1.54, 1.807) is 4.68 Å². The molecular weight excluding hydrogens is 236 g/mol. The van der Waals surface area contributed by atoms with E-state index in [1.807, 2.05) is 19.3 Å². The minimum atomic E-state index is 0.142. The summed E-state index contributed by atoms with van der Waals surface area (Å²) >= 11 is 0. The molecule has 4 heteroatoms. The molecule has 0 bridgehead atoms. The average molecular weight is 258 g/mol. The second-order valence-corrected chi connectivity index (χ2v) is 5.97. The molecule has 1 atom stereocenters. The standard InChI is InChI=1S/C15H22N4/c1-15(2,3)14(12-8-6-5-7-9-12)16-10-13-11-19(4)18-17-13/h5-9,11,14,16H,10H2,1-4H3. The second-order valence-electron chi connectivity index (χ2n) is 5.97. The summed E-state index contributed by atoms with van der Waals surface area (Å²) in [5.74, 6) is 0. The Labute approximate surface area is 114 Å². The van der Waals surface area contributed by atoms with Crippen LogP contribution in [0.25, 0.3) is 0 Å². The highest BCUT2D eigenvalue weighted by atomic mass is 15.4. The van der Waals surface area contributed by atoms with Gasteiger partial charge in [-0.05, 0) is 11.0 Å². The summed E-state index contributed by atoms with van der Waals surface area (Å²) in [5.41, 5.74) is 2.41. The molecule has 0 aliphatic heterocycles. The molecule has 1 aromatic heterocycles. The van der Waals surface area contributed by atoms with Gasteiger partial charge >= 0.3 is 0 Å². The summed E-state index contributed by atoms with van der Waals surface area (Å²) in [6.07, 6.45) is 1.94. The first-order valence-electron chi connectivity index (χ1n) is 6.60. The molecule has 0 aliphatic carbocycles. The number of hydrogen-bond acceptors (Lipinski definition) is 3. The first-order chi connectivity index (χ1) is 8.97. The molecule has 1 unspecified atom stereocenters. The van der Waals surface area contributed by atoms with Crippen LogP contribution in [0.5, 0.6) is 0 Å². The Morgan fingerprint density at radius 3 is 2.42 bits per heavy atom. The zero-order valence-corrected chi connectivity index (χ0v) is 12.1. The topological polar surface area (TPSA) is 42.7 Å². The van der Waals surface area contributed by atoms with Crippen molar-refractivity contribution in [2.24, 2.45) is 12.5 Å². The largest absolute Gasteiger partial charge is 0.304 e. The lowest BCUT2D eigenvalue weighted by Crippen LogP contribution is -2.32. The highest BCUT2D eigenvalue weighted by Gasteiger charge is 2.25. The second kappa shape index (κ2) is 5.53. The Balaban J connectivity index is 2.11. The number of hydrogen-bond donors (Lipinski definition) is 1. The molecule has 0 saturated heterocycles. The van der Waals surface area contributed by atoms with Crippen LogP contribution < -0.4 is 5.32 Å². The third kappa shape index (κ3) is 3.64. The quantitative estimate of drug-likeness (QED) is 0.917. The van der Waals surface area contributed by atoms with Crippen LogP contribution in [-0.4, -0.2) is 15.0 Å². The maximum Gasteiger partial charge on any atom is 0.0964 e. The van der Waals surface area contributed by atoms with Crippen LogP contribution in [0.2, 0.25) is 0 Å². The van der Waals surface area contributed by atoms with E-state index >= 15 is 0 Å². The van der Waals surface area contributed by atoms with Crippen molar-refractivity contribution < 1.29 is 0 Å². The van der Waals surface area contributed by atoms with Gasteiger partial charge < -0.3 is 5.32 Å². The average Bonchev–Trinajstić information content (AvgIpc) is 2.75. The third-order valence-electron chi connectivity index (χ3n) is 3.14. The third-order valence-corrected chi connectivity index (χ3v) is 3.14. The Bertz CT molecular complexity index is 510. The van der Waals surface area contributed by atoms with Crippen LogP contribution in [-0.2, 0) is 13.6 Å². The number of aromatic nitrogens is 3. The van der Waals surface area contributed by atoms with Gasteiger partial charge in [0.15, 0.2) is 0 Å². The smallest absolute Gasteiger partial charge is 0.0964 e. The van der Waals surface area contributed by atoms with Gasteiger partial charge in [0.1, 0.15) is 0 Å². The number of rotatable bonds is 4. The van der Waals surface area contributed by atoms with Crippen molar-refractivity contribution in [2.45, 2.75) is 33.4 Å². The van der Waals surface area contributed by atoms with Gasteiger partial charge in [0.05, 0.1) is 5.69 Å². The molecule has 4 nitrogen and oxygen atoms in total. The van der Waals surface area contributed by atoms with Crippen molar-refractivity contribution >= 4 is 0 Å². The molecule has 0 radical (unpaired) electrons. The predicted octanol–water partition coefficient (Wildman–Crippen LogP) is 2.69. The lowest BCUT2D eigenvalue weighted by Gasteiger charge is -2.32. The summed E-state index contributed by atoms with van der Waals surface area (Å²) < 4.78 is 1.73. The van der Waals surface area contributed by atoms with Gasteiger partial charge in [-0.2, -0.15) is 0 Å². The van der Waals surface area contributed by atoms with Gasteiger partial charge in [-0.15, -0.1) is 5.10 Å². The van der Waals surface area contributed by atoms with Gasteiger partial charge in [0.2, 0.25) is 0 Å². The Morgan fingerprint density at radius 2 is 1.89 bits per heavy atom. The molecule has 1 N–H and O–H groups in total. The highest BCUT2D eigenvalue weighted by Crippen LogP contribution is 2.32. The Hall–Kier alpha value is -1.68. The van der Waals surface area contributed by atoms with Crippen LogP contribution in [0.4, 0.5) is 0 Å². The van der Waals surface area contributed by atoms with Gasteiger partial charge in [0, 0.05) is 25.8 Å². The first-order valence-corrected chi connectivity index (χ1v) is 6.60. The van der Waals surface area contributed by atoms with E-state index in [0.29, 0.717) is 0 Å². The number of nitrogens with zero attached hydrogens (tertiary/aromatic N) is 3. The maximum absolute atomic E-state index is 4.11. The van der Waals surface area contributed by atoms with Gasteiger partial charge in [-0.3, -0.25) is 4.68 Å². The molecule has 102 valence electrons. The van der Waals surface area contributed by atoms with E-state index in [9.17, 15) is 0 Å². The van der Waals surface area contributed by atoms with E-state index in [2.05, 4.69) is 60.7 Å². The van der Waals surface area contributed by atoms with Crippen LogP contribution >= 0.6 is 0 Å². The number of aryl methyl sites for hydroxylation is 1. The zero-order valence-electron chi connectivity index (χ0n) is 12.1. The van der Waals surface area contributed by atoms with Gasteiger partial charge in [-0.25, -0.2) is 0 Å². The highest BCUT2D eigenvalue weighted by molar-refractivity contribution is 5.20. The molecular formula is C15H22N4. The molecule has 1 aromatic carbocycles. The first kappa shape index (κ1) is 13.7. The van der Waals surface area contributed by atoms with Crippen molar-refractivity contribution in [3.05, 3.63) is 47.8 Å². The van der Waals surface area contributed by atoms with E-state index < -0.39 is 0 Å². The predicted molar refractivity (Wildman–Crippen MR) is 76.5 cm³/mol. The van der Waals surface area contributed by atoms with E-state index in [0.717, 1.165) is 12.2 Å². The van der Waals surface area contributed by atoms with Crippen LogP contribution in [0.15, 0.2) is 36.5 Å². The van der Waals surface area contributed by atoms with Crippen molar-refractivity contribution in [3.63, 3.8) is 0 Å². The molecule has 1 heterocycles. The zero-order chi connectivity index (χ0) is 13.9. The number of nitrogens with one attached hydrogen (secondary N) is 1. The minimum Gasteiger partial charge on any atom is -0.304 e. The lowest BCUT2D eigenvalue weighted by molar-refractivity contribution is 0.270. The molecule has 0 fully saturated rings.